The Hall–Kier alpha value is -3.49. The van der Waals surface area contributed by atoms with Crippen molar-refractivity contribution in [3.63, 3.8) is 0 Å². The second-order valence-corrected chi connectivity index (χ2v) is 9.42. The van der Waals surface area contributed by atoms with Gasteiger partial charge in [-0.1, -0.05) is 30.3 Å². The number of aliphatic hydroxyl groups excluding tert-OH is 1. The summed E-state index contributed by atoms with van der Waals surface area (Å²) in [6.45, 7) is 4.61. The molecule has 8 nitrogen and oxygen atoms in total. The number of carbonyl (C=O) groups is 2. The highest BCUT2D eigenvalue weighted by Crippen LogP contribution is 2.35. The molecule has 1 N–H and O–H groups in total. The smallest absolute Gasteiger partial charge is 0.340 e. The zero-order valence-corrected chi connectivity index (χ0v) is 20.4. The number of aliphatic imine (C=N–C) groups is 1. The lowest BCUT2D eigenvalue weighted by atomic mass is 9.83. The summed E-state index contributed by atoms with van der Waals surface area (Å²) in [5.41, 5.74) is 2.94. The van der Waals surface area contributed by atoms with Crippen LogP contribution in [0.15, 0.2) is 64.9 Å². The van der Waals surface area contributed by atoms with Crippen molar-refractivity contribution in [3.05, 3.63) is 76.6 Å². The fourth-order valence-corrected chi connectivity index (χ4v) is 5.14. The Bertz CT molecular complexity index is 1180. The molecule has 0 bridgehead atoms. The summed E-state index contributed by atoms with van der Waals surface area (Å²) < 4.78 is 10.8. The molecule has 5 rings (SSSR count). The average Bonchev–Trinajstić information content (AvgIpc) is 3.24. The number of aliphatic hydroxyl groups is 1. The number of hydrogen-bond acceptors (Lipinski definition) is 8. The van der Waals surface area contributed by atoms with Crippen molar-refractivity contribution in [2.45, 2.75) is 25.0 Å². The van der Waals surface area contributed by atoms with E-state index in [4.69, 9.17) is 9.47 Å². The highest BCUT2D eigenvalue weighted by atomic mass is 16.6. The maximum Gasteiger partial charge on any atom is 0.340 e. The van der Waals surface area contributed by atoms with Crippen LogP contribution in [0.2, 0.25) is 0 Å². The minimum Gasteiger partial charge on any atom is -0.511 e. The monoisotopic (exact) mass is 489 g/mol. The molecule has 2 aromatic rings. The largest absolute Gasteiger partial charge is 0.511 e. The van der Waals surface area contributed by atoms with Crippen molar-refractivity contribution in [3.8, 4) is 5.75 Å². The molecule has 188 valence electrons. The van der Waals surface area contributed by atoms with Gasteiger partial charge in [-0.2, -0.15) is 0 Å². The molecule has 2 aromatic carbocycles. The van der Waals surface area contributed by atoms with Crippen LogP contribution in [0, 0.1) is 0 Å². The van der Waals surface area contributed by atoms with Crippen molar-refractivity contribution < 1.29 is 24.2 Å². The minimum absolute atomic E-state index is 0.0389. The van der Waals surface area contributed by atoms with Crippen LogP contribution in [0.1, 0.15) is 46.5 Å². The van der Waals surface area contributed by atoms with Crippen molar-refractivity contribution in [1.82, 2.24) is 9.80 Å². The summed E-state index contributed by atoms with van der Waals surface area (Å²) in [6, 6.07) is 15.2. The Labute approximate surface area is 210 Å². The second kappa shape index (κ2) is 10.6. The van der Waals surface area contributed by atoms with Crippen LogP contribution in [0.3, 0.4) is 0 Å². The molecule has 1 fully saturated rings. The molecule has 2 atom stereocenters. The molecule has 0 radical (unpaired) electrons. The third kappa shape index (κ3) is 5.05. The third-order valence-corrected chi connectivity index (χ3v) is 7.24. The van der Waals surface area contributed by atoms with Crippen molar-refractivity contribution in [1.29, 1.82) is 0 Å². The number of piperazine rings is 1. The molecule has 1 saturated heterocycles. The fraction of sp³-hybridized carbons (Fsp3) is 0.393. The van der Waals surface area contributed by atoms with E-state index in [0.29, 0.717) is 30.5 Å². The van der Waals surface area contributed by atoms with Gasteiger partial charge < -0.3 is 14.6 Å². The maximum atomic E-state index is 12.7. The molecule has 2 unspecified atom stereocenters. The summed E-state index contributed by atoms with van der Waals surface area (Å²) in [5, 5.41) is 10.5. The summed E-state index contributed by atoms with van der Waals surface area (Å²) in [5.74, 6) is 0.502. The lowest BCUT2D eigenvalue weighted by molar-refractivity contribution is -0.116. The number of hydrogen-bond donors (Lipinski definition) is 1. The summed E-state index contributed by atoms with van der Waals surface area (Å²) in [7, 11) is 1.62. The fourth-order valence-electron chi connectivity index (χ4n) is 5.14. The van der Waals surface area contributed by atoms with Gasteiger partial charge in [-0.25, -0.2) is 4.79 Å². The number of benzene rings is 2. The SMILES string of the molecule is COc1ccc(C2CC(=O)C(C=NCCN3CCN(C4OC(=O)c5ccccc54)CC3)=C(O)C2)cc1. The first-order chi connectivity index (χ1) is 17.5. The first kappa shape index (κ1) is 24.2. The zero-order valence-electron chi connectivity index (χ0n) is 20.4. The molecule has 3 aliphatic rings. The lowest BCUT2D eigenvalue weighted by Gasteiger charge is -2.37. The van der Waals surface area contributed by atoms with E-state index in [1.807, 2.05) is 48.5 Å². The van der Waals surface area contributed by atoms with Gasteiger partial charge in [0.2, 0.25) is 0 Å². The second-order valence-electron chi connectivity index (χ2n) is 9.42. The molecule has 36 heavy (non-hydrogen) atoms. The molecule has 1 aliphatic carbocycles. The normalized spacial score (nSPS) is 23.2. The van der Waals surface area contributed by atoms with Gasteiger partial charge in [0, 0.05) is 57.3 Å². The Morgan fingerprint density at radius 1 is 1.06 bits per heavy atom. The standard InChI is InChI=1S/C28H31N3O5/c1-35-21-8-6-19(7-9-21)20-16-25(32)24(26(33)17-20)18-29-10-11-30-12-14-31(15-13-30)27-22-4-2-3-5-23(22)28(34)36-27/h2-9,18,20,27,32H,10-17H2,1H3. The number of fused-ring (bicyclic) bond motifs is 1. The predicted molar refractivity (Wildman–Crippen MR) is 136 cm³/mol. The number of allylic oxidation sites excluding steroid dienone is 2. The topological polar surface area (TPSA) is 91.7 Å². The van der Waals surface area contributed by atoms with Crippen LogP contribution >= 0.6 is 0 Å². The van der Waals surface area contributed by atoms with Crippen LogP contribution < -0.4 is 4.74 Å². The van der Waals surface area contributed by atoms with E-state index < -0.39 is 0 Å². The molecule has 2 heterocycles. The molecule has 0 saturated carbocycles. The van der Waals surface area contributed by atoms with Crippen molar-refractivity contribution in [2.24, 2.45) is 4.99 Å². The number of carbonyl (C=O) groups excluding carboxylic acids is 2. The Morgan fingerprint density at radius 2 is 1.81 bits per heavy atom. The Morgan fingerprint density at radius 3 is 2.53 bits per heavy atom. The van der Waals surface area contributed by atoms with E-state index in [2.05, 4.69) is 14.8 Å². The highest BCUT2D eigenvalue weighted by Gasteiger charge is 2.36. The summed E-state index contributed by atoms with van der Waals surface area (Å²) >= 11 is 0. The summed E-state index contributed by atoms with van der Waals surface area (Å²) in [4.78, 5) is 33.8. The molecule has 0 spiro atoms. The van der Waals surface area contributed by atoms with Gasteiger partial charge in [-0.05, 0) is 29.7 Å². The summed E-state index contributed by atoms with van der Waals surface area (Å²) in [6.07, 6.45) is 2.01. The van der Waals surface area contributed by atoms with E-state index in [1.54, 1.807) is 7.11 Å². The van der Waals surface area contributed by atoms with Gasteiger partial charge in [-0.3, -0.25) is 19.6 Å². The number of Topliss-reactive ketones (excluding diaryl/α,β-unsaturated/α-hetero) is 1. The zero-order chi connectivity index (χ0) is 25.1. The molecule has 8 heteroatoms. The van der Waals surface area contributed by atoms with Crippen molar-refractivity contribution in [2.75, 3.05) is 46.4 Å². The first-order valence-corrected chi connectivity index (χ1v) is 12.4. The molecular weight excluding hydrogens is 458 g/mol. The van der Waals surface area contributed by atoms with Crippen LogP contribution in [0.4, 0.5) is 0 Å². The van der Waals surface area contributed by atoms with Crippen molar-refractivity contribution >= 4 is 18.0 Å². The number of ketones is 1. The van der Waals surface area contributed by atoms with Gasteiger partial charge >= 0.3 is 5.97 Å². The number of rotatable bonds is 7. The number of nitrogens with zero attached hydrogens (tertiary/aromatic N) is 3. The van der Waals surface area contributed by atoms with E-state index in [1.165, 1.54) is 6.21 Å². The molecule has 0 amide bonds. The number of esters is 1. The van der Waals surface area contributed by atoms with Crippen LogP contribution in [-0.2, 0) is 9.53 Å². The molecule has 0 aromatic heterocycles. The number of ether oxygens (including phenoxy) is 2. The van der Waals surface area contributed by atoms with Crippen LogP contribution in [0.5, 0.6) is 5.75 Å². The lowest BCUT2D eigenvalue weighted by Crippen LogP contribution is -2.48. The molecular formula is C28H31N3O5. The predicted octanol–water partition coefficient (Wildman–Crippen LogP) is 3.51. The minimum atomic E-state index is -0.303. The van der Waals surface area contributed by atoms with E-state index in [-0.39, 0.29) is 29.7 Å². The average molecular weight is 490 g/mol. The van der Waals surface area contributed by atoms with E-state index >= 15 is 0 Å². The quantitative estimate of drug-likeness (QED) is 0.470. The molecule has 2 aliphatic heterocycles. The van der Waals surface area contributed by atoms with Gasteiger partial charge in [0.05, 0.1) is 24.8 Å². The first-order valence-electron chi connectivity index (χ1n) is 12.4. The van der Waals surface area contributed by atoms with Gasteiger partial charge in [0.15, 0.2) is 12.0 Å². The van der Waals surface area contributed by atoms with Crippen LogP contribution in [-0.4, -0.2) is 79.3 Å². The van der Waals surface area contributed by atoms with Crippen LogP contribution in [0.25, 0.3) is 0 Å². The van der Waals surface area contributed by atoms with E-state index in [9.17, 15) is 14.7 Å². The van der Waals surface area contributed by atoms with E-state index in [0.717, 1.165) is 49.6 Å². The van der Waals surface area contributed by atoms with Gasteiger partial charge in [0.25, 0.3) is 0 Å². The number of cyclic esters (lactones) is 1. The maximum absolute atomic E-state index is 12.7. The third-order valence-electron chi connectivity index (χ3n) is 7.24. The van der Waals surface area contributed by atoms with Gasteiger partial charge in [-0.15, -0.1) is 0 Å². The van der Waals surface area contributed by atoms with Gasteiger partial charge in [0.1, 0.15) is 11.5 Å². The highest BCUT2D eigenvalue weighted by molar-refractivity contribution is 6.14. The Balaban J connectivity index is 1.10. The Kier molecular flexibility index (Phi) is 7.16. The number of methoxy groups -OCH3 is 1.